The molecule has 2 aromatic heterocycles. The topological polar surface area (TPSA) is 43.3 Å². The van der Waals surface area contributed by atoms with Gasteiger partial charge in [0.05, 0.1) is 11.2 Å². The van der Waals surface area contributed by atoms with E-state index in [-0.39, 0.29) is 0 Å². The van der Waals surface area contributed by atoms with Crippen LogP contribution in [0.2, 0.25) is 0 Å². The lowest BCUT2D eigenvalue weighted by atomic mass is 10.1. The van der Waals surface area contributed by atoms with Crippen LogP contribution >= 0.6 is 11.8 Å². The van der Waals surface area contributed by atoms with Gasteiger partial charge < -0.3 is 5.73 Å². The molecule has 4 heteroatoms. The lowest BCUT2D eigenvalue weighted by molar-refractivity contribution is 0.905. The molecule has 0 amide bonds. The summed E-state index contributed by atoms with van der Waals surface area (Å²) < 4.78 is 2.05. The van der Waals surface area contributed by atoms with Crippen LogP contribution in [0.5, 0.6) is 0 Å². The third-order valence-corrected chi connectivity index (χ3v) is 4.45. The summed E-state index contributed by atoms with van der Waals surface area (Å²) in [6, 6.07) is 12.6. The van der Waals surface area contributed by atoms with E-state index >= 15 is 0 Å². The second-order valence-corrected chi connectivity index (χ2v) is 6.25. The fraction of sp³-hybridized carbons (Fsp3) is 0.235. The van der Waals surface area contributed by atoms with E-state index in [0.717, 1.165) is 35.6 Å². The van der Waals surface area contributed by atoms with Gasteiger partial charge in [-0.2, -0.15) is 0 Å². The molecular formula is C17H19N3S. The van der Waals surface area contributed by atoms with Crippen LogP contribution in [-0.2, 0) is 12.8 Å². The Morgan fingerprint density at radius 3 is 2.76 bits per heavy atom. The van der Waals surface area contributed by atoms with Gasteiger partial charge in [0.1, 0.15) is 5.82 Å². The number of fused-ring (bicyclic) bond motifs is 1. The average molecular weight is 297 g/mol. The van der Waals surface area contributed by atoms with Gasteiger partial charge in [0, 0.05) is 17.3 Å². The first kappa shape index (κ1) is 14.0. The third-order valence-electron chi connectivity index (χ3n) is 3.54. The van der Waals surface area contributed by atoms with E-state index in [1.807, 2.05) is 34.6 Å². The molecule has 3 nitrogen and oxygen atoms in total. The van der Waals surface area contributed by atoms with Crippen molar-refractivity contribution in [1.82, 2.24) is 9.38 Å². The molecular weight excluding hydrogens is 278 g/mol. The molecule has 0 aliphatic heterocycles. The van der Waals surface area contributed by atoms with Crippen molar-refractivity contribution in [3.05, 3.63) is 60.0 Å². The molecule has 3 aromatic rings. The lowest BCUT2D eigenvalue weighted by Crippen LogP contribution is -2.00. The lowest BCUT2D eigenvalue weighted by Gasteiger charge is -2.07. The molecule has 0 radical (unpaired) electrons. The Hall–Kier alpha value is -1.94. The summed E-state index contributed by atoms with van der Waals surface area (Å²) in [7, 11) is 0. The first-order valence-corrected chi connectivity index (χ1v) is 8.19. The molecule has 0 bridgehead atoms. The third kappa shape index (κ3) is 2.90. The largest absolute Gasteiger partial charge is 0.385 e. The summed E-state index contributed by atoms with van der Waals surface area (Å²) in [5, 5.41) is 0. The van der Waals surface area contributed by atoms with E-state index in [4.69, 9.17) is 5.73 Å². The Labute approximate surface area is 129 Å². The highest BCUT2D eigenvalue weighted by atomic mass is 32.2. The molecule has 0 atom stereocenters. The van der Waals surface area contributed by atoms with Crippen LogP contribution < -0.4 is 5.73 Å². The molecule has 0 fully saturated rings. The molecule has 0 unspecified atom stereocenters. The molecule has 2 heterocycles. The van der Waals surface area contributed by atoms with Crippen LogP contribution in [0.25, 0.3) is 5.52 Å². The molecule has 0 saturated carbocycles. The molecule has 2 N–H and O–H groups in total. The van der Waals surface area contributed by atoms with Crippen LogP contribution in [0, 0.1) is 0 Å². The van der Waals surface area contributed by atoms with Crippen LogP contribution in [0.3, 0.4) is 0 Å². The van der Waals surface area contributed by atoms with Crippen molar-refractivity contribution in [3.63, 3.8) is 0 Å². The Morgan fingerprint density at radius 2 is 2.00 bits per heavy atom. The van der Waals surface area contributed by atoms with E-state index in [2.05, 4.69) is 42.2 Å². The molecule has 0 spiro atoms. The average Bonchev–Trinajstić information content (AvgIpc) is 2.84. The minimum Gasteiger partial charge on any atom is -0.385 e. The number of aryl methyl sites for hydroxylation is 2. The number of hydrogen-bond acceptors (Lipinski definition) is 3. The first-order valence-electron chi connectivity index (χ1n) is 7.20. The molecule has 21 heavy (non-hydrogen) atoms. The van der Waals surface area contributed by atoms with Crippen LogP contribution in [-0.4, -0.2) is 15.1 Å². The minimum atomic E-state index is 0.782. The van der Waals surface area contributed by atoms with Crippen LogP contribution in [0.1, 0.15) is 18.2 Å². The Morgan fingerprint density at radius 1 is 1.19 bits per heavy atom. The molecule has 1 aromatic carbocycles. The Kier molecular flexibility index (Phi) is 4.15. The van der Waals surface area contributed by atoms with Crippen molar-refractivity contribution in [2.24, 2.45) is 0 Å². The van der Waals surface area contributed by atoms with Gasteiger partial charge in [0.25, 0.3) is 0 Å². The molecule has 0 saturated heterocycles. The molecule has 0 aliphatic carbocycles. The van der Waals surface area contributed by atoms with Crippen molar-refractivity contribution in [2.45, 2.75) is 24.7 Å². The maximum Gasteiger partial charge on any atom is 0.109 e. The van der Waals surface area contributed by atoms with Crippen LogP contribution in [0.4, 0.5) is 5.82 Å². The van der Waals surface area contributed by atoms with Gasteiger partial charge in [-0.05, 0) is 30.2 Å². The fourth-order valence-electron chi connectivity index (χ4n) is 2.57. The minimum absolute atomic E-state index is 0.782. The Balaban J connectivity index is 1.94. The van der Waals surface area contributed by atoms with Crippen molar-refractivity contribution in [1.29, 1.82) is 0 Å². The highest BCUT2D eigenvalue weighted by Crippen LogP contribution is 2.30. The zero-order valence-corrected chi connectivity index (χ0v) is 12.9. The maximum absolute atomic E-state index is 6.11. The van der Waals surface area contributed by atoms with E-state index in [1.165, 1.54) is 10.5 Å². The number of anilines is 1. The van der Waals surface area contributed by atoms with Crippen molar-refractivity contribution < 1.29 is 0 Å². The number of hydrogen-bond donors (Lipinski definition) is 1. The van der Waals surface area contributed by atoms with Gasteiger partial charge in [-0.15, -0.1) is 11.8 Å². The van der Waals surface area contributed by atoms with Crippen molar-refractivity contribution in [3.8, 4) is 0 Å². The Bertz CT molecular complexity index is 734. The second-order valence-electron chi connectivity index (χ2n) is 4.94. The summed E-state index contributed by atoms with van der Waals surface area (Å²) >= 11 is 1.82. The quantitative estimate of drug-likeness (QED) is 0.728. The summed E-state index contributed by atoms with van der Waals surface area (Å²) in [5.74, 6) is 1.82. The van der Waals surface area contributed by atoms with Gasteiger partial charge in [0.2, 0.25) is 0 Å². The number of nitrogens with two attached hydrogens (primary N) is 1. The van der Waals surface area contributed by atoms with Gasteiger partial charge in [-0.1, -0.05) is 37.3 Å². The van der Waals surface area contributed by atoms with E-state index in [1.54, 1.807) is 0 Å². The van der Waals surface area contributed by atoms with Crippen molar-refractivity contribution >= 4 is 23.1 Å². The van der Waals surface area contributed by atoms with E-state index < -0.39 is 0 Å². The smallest absolute Gasteiger partial charge is 0.109 e. The highest BCUT2D eigenvalue weighted by Gasteiger charge is 2.12. The van der Waals surface area contributed by atoms with Crippen LogP contribution in [0.15, 0.2) is 53.7 Å². The first-order chi connectivity index (χ1) is 10.3. The second kappa shape index (κ2) is 6.22. The molecule has 0 aliphatic rings. The summed E-state index contributed by atoms with van der Waals surface area (Å²) in [5.41, 5.74) is 9.73. The van der Waals surface area contributed by atoms with Crippen molar-refractivity contribution in [2.75, 3.05) is 11.5 Å². The predicted molar refractivity (Wildman–Crippen MR) is 89.9 cm³/mol. The highest BCUT2D eigenvalue weighted by molar-refractivity contribution is 7.99. The van der Waals surface area contributed by atoms with Gasteiger partial charge in [0.15, 0.2) is 0 Å². The standard InChI is InChI=1S/C17H19N3S/c1-2-21-15-12-16(18)20-11-10-19-14(17(15)20)9-8-13-6-4-3-5-7-13/h3-7,10-12H,2,8-9,18H2,1H3. The predicted octanol–water partition coefficient (Wildman–Crippen LogP) is 3.81. The molecule has 108 valence electrons. The molecule has 3 rings (SSSR count). The number of nitrogens with zero attached hydrogens (tertiary/aromatic N) is 2. The number of aromatic nitrogens is 2. The fourth-order valence-corrected chi connectivity index (χ4v) is 3.44. The van der Waals surface area contributed by atoms with Gasteiger partial charge in [-0.25, -0.2) is 0 Å². The number of nitrogen functional groups attached to an aromatic ring is 1. The van der Waals surface area contributed by atoms with E-state index in [9.17, 15) is 0 Å². The summed E-state index contributed by atoms with van der Waals surface area (Å²) in [6.07, 6.45) is 5.70. The normalized spacial score (nSPS) is 11.1. The zero-order valence-electron chi connectivity index (χ0n) is 12.1. The van der Waals surface area contributed by atoms with Gasteiger partial charge in [-0.3, -0.25) is 9.38 Å². The maximum atomic E-state index is 6.11. The summed E-state index contributed by atoms with van der Waals surface area (Å²) in [4.78, 5) is 5.82. The number of benzene rings is 1. The monoisotopic (exact) mass is 297 g/mol. The van der Waals surface area contributed by atoms with Gasteiger partial charge >= 0.3 is 0 Å². The number of thioether (sulfide) groups is 1. The summed E-state index contributed by atoms with van der Waals surface area (Å²) in [6.45, 7) is 2.16. The van der Waals surface area contributed by atoms with E-state index in [0.29, 0.717) is 0 Å². The zero-order chi connectivity index (χ0) is 14.7. The SMILES string of the molecule is CCSc1cc(N)n2ccnc(CCc3ccccc3)c12. The number of rotatable bonds is 5.